The number of nitrogens with one attached hydrogen (secondary N) is 2. The van der Waals surface area contributed by atoms with Gasteiger partial charge in [0.1, 0.15) is 5.82 Å². The third kappa shape index (κ3) is 3.37. The molecule has 0 radical (unpaired) electrons. The highest BCUT2D eigenvalue weighted by atomic mass is 32.2. The van der Waals surface area contributed by atoms with Crippen LogP contribution in [-0.2, 0) is 16.6 Å². The van der Waals surface area contributed by atoms with E-state index in [4.69, 9.17) is 0 Å². The molecule has 1 aromatic rings. The van der Waals surface area contributed by atoms with Gasteiger partial charge >= 0.3 is 0 Å². The highest BCUT2D eigenvalue weighted by Gasteiger charge is 2.33. The summed E-state index contributed by atoms with van der Waals surface area (Å²) in [6.45, 7) is 2.22. The molecule has 1 aromatic carbocycles. The molecular weight excluding hydrogens is 279 g/mol. The molecule has 2 N–H and O–H groups in total. The molecule has 1 fully saturated rings. The van der Waals surface area contributed by atoms with Crippen LogP contribution in [0.4, 0.5) is 4.39 Å². The van der Waals surface area contributed by atoms with Crippen LogP contribution in [0.3, 0.4) is 0 Å². The van der Waals surface area contributed by atoms with Crippen LogP contribution in [0.25, 0.3) is 0 Å². The third-order valence-corrected chi connectivity index (χ3v) is 5.42. The van der Waals surface area contributed by atoms with E-state index in [2.05, 4.69) is 10.0 Å². The highest BCUT2D eigenvalue weighted by Crippen LogP contribution is 2.30. The average molecular weight is 300 g/mol. The van der Waals surface area contributed by atoms with Crippen LogP contribution < -0.4 is 10.0 Å². The fourth-order valence-corrected chi connectivity index (χ4v) is 4.20. The minimum atomic E-state index is -3.60. The van der Waals surface area contributed by atoms with Gasteiger partial charge in [-0.05, 0) is 45.0 Å². The zero-order valence-corrected chi connectivity index (χ0v) is 12.7. The van der Waals surface area contributed by atoms with Gasteiger partial charge in [-0.15, -0.1) is 0 Å². The van der Waals surface area contributed by atoms with E-state index in [9.17, 15) is 12.8 Å². The summed E-state index contributed by atoms with van der Waals surface area (Å²) in [4.78, 5) is 0.122. The lowest BCUT2D eigenvalue weighted by atomic mass is 10.0. The Kier molecular flexibility index (Phi) is 4.46. The normalized spacial score (nSPS) is 18.4. The van der Waals surface area contributed by atoms with Gasteiger partial charge in [0.15, 0.2) is 0 Å². The molecule has 2 rings (SSSR count). The van der Waals surface area contributed by atoms with Gasteiger partial charge in [-0.1, -0.05) is 12.8 Å². The van der Waals surface area contributed by atoms with E-state index >= 15 is 0 Å². The molecule has 1 aliphatic carbocycles. The van der Waals surface area contributed by atoms with E-state index in [0.717, 1.165) is 25.7 Å². The zero-order chi connectivity index (χ0) is 14.8. The summed E-state index contributed by atoms with van der Waals surface area (Å²) in [5.41, 5.74) is -0.0249. The maximum atomic E-state index is 13.6. The standard InChI is InChI=1S/C14H21FN2O2S/c1-14(7-3-4-8-14)17-20(18,19)12-5-6-13(15)11(9-12)10-16-2/h5-6,9,16-17H,3-4,7-8,10H2,1-2H3. The summed E-state index contributed by atoms with van der Waals surface area (Å²) in [5.74, 6) is -0.398. The molecule has 0 atom stereocenters. The Hall–Kier alpha value is -0.980. The topological polar surface area (TPSA) is 58.2 Å². The van der Waals surface area contributed by atoms with Gasteiger partial charge < -0.3 is 5.32 Å². The Bertz CT molecular complexity index is 581. The van der Waals surface area contributed by atoms with Crippen LogP contribution >= 0.6 is 0 Å². The van der Waals surface area contributed by atoms with Gasteiger partial charge in [0.25, 0.3) is 0 Å². The van der Waals surface area contributed by atoms with E-state index in [1.807, 2.05) is 6.92 Å². The van der Waals surface area contributed by atoms with Crippen molar-refractivity contribution in [3.63, 3.8) is 0 Å². The van der Waals surface area contributed by atoms with Crippen molar-refractivity contribution in [3.8, 4) is 0 Å². The summed E-state index contributed by atoms with van der Waals surface area (Å²) in [5, 5.41) is 2.83. The largest absolute Gasteiger partial charge is 0.316 e. The lowest BCUT2D eigenvalue weighted by molar-refractivity contribution is 0.427. The SMILES string of the molecule is CNCc1cc(S(=O)(=O)NC2(C)CCCC2)ccc1F. The molecule has 1 aliphatic rings. The summed E-state index contributed by atoms with van der Waals surface area (Å²) < 4.78 is 41.2. The second-order valence-electron chi connectivity index (χ2n) is 5.66. The summed E-state index contributed by atoms with van der Waals surface area (Å²) in [6.07, 6.45) is 3.76. The molecule has 0 spiro atoms. The van der Waals surface area contributed by atoms with E-state index < -0.39 is 15.8 Å². The molecule has 0 heterocycles. The fourth-order valence-electron chi connectivity index (χ4n) is 2.68. The lowest BCUT2D eigenvalue weighted by Gasteiger charge is -2.25. The fraction of sp³-hybridized carbons (Fsp3) is 0.571. The lowest BCUT2D eigenvalue weighted by Crippen LogP contribution is -2.43. The smallest absolute Gasteiger partial charge is 0.241 e. The van der Waals surface area contributed by atoms with Gasteiger partial charge in [-0.2, -0.15) is 0 Å². The molecular formula is C14H21FN2O2S. The molecule has 4 nitrogen and oxygen atoms in total. The van der Waals surface area contributed by atoms with E-state index in [1.54, 1.807) is 7.05 Å². The Morgan fingerprint density at radius 1 is 1.30 bits per heavy atom. The molecule has 6 heteroatoms. The molecule has 112 valence electrons. The maximum absolute atomic E-state index is 13.6. The van der Waals surface area contributed by atoms with Crippen LogP contribution in [0.5, 0.6) is 0 Å². The Morgan fingerprint density at radius 2 is 1.95 bits per heavy atom. The van der Waals surface area contributed by atoms with Crippen LogP contribution in [0.1, 0.15) is 38.2 Å². The van der Waals surface area contributed by atoms with E-state index in [0.29, 0.717) is 12.1 Å². The van der Waals surface area contributed by atoms with Crippen molar-refractivity contribution < 1.29 is 12.8 Å². The van der Waals surface area contributed by atoms with Crippen LogP contribution in [0.15, 0.2) is 23.1 Å². The second-order valence-corrected chi connectivity index (χ2v) is 7.34. The first-order chi connectivity index (χ1) is 9.36. The Morgan fingerprint density at radius 3 is 2.55 bits per heavy atom. The van der Waals surface area contributed by atoms with Gasteiger partial charge in [-0.3, -0.25) is 0 Å². The van der Waals surface area contributed by atoms with Crippen molar-refractivity contribution >= 4 is 10.0 Å². The van der Waals surface area contributed by atoms with Crippen molar-refractivity contribution in [2.75, 3.05) is 7.05 Å². The number of rotatable bonds is 5. The van der Waals surface area contributed by atoms with Crippen LogP contribution in [0, 0.1) is 5.82 Å². The molecule has 0 aromatic heterocycles. The predicted molar refractivity (Wildman–Crippen MR) is 76.4 cm³/mol. The summed E-state index contributed by atoms with van der Waals surface area (Å²) >= 11 is 0. The molecule has 0 aliphatic heterocycles. The molecule has 0 amide bonds. The molecule has 0 saturated heterocycles. The summed E-state index contributed by atoms with van der Waals surface area (Å²) in [7, 11) is -1.91. The Labute approximate surface area is 119 Å². The average Bonchev–Trinajstić information content (AvgIpc) is 2.77. The van der Waals surface area contributed by atoms with Gasteiger partial charge in [0.2, 0.25) is 10.0 Å². The highest BCUT2D eigenvalue weighted by molar-refractivity contribution is 7.89. The van der Waals surface area contributed by atoms with E-state index in [-0.39, 0.29) is 10.4 Å². The number of hydrogen-bond donors (Lipinski definition) is 2. The second kappa shape index (κ2) is 5.79. The van der Waals surface area contributed by atoms with Crippen molar-refractivity contribution in [3.05, 3.63) is 29.6 Å². The number of halogens is 1. The minimum Gasteiger partial charge on any atom is -0.316 e. The predicted octanol–water partition coefficient (Wildman–Crippen LogP) is 2.16. The first kappa shape index (κ1) is 15.4. The van der Waals surface area contributed by atoms with Crippen LogP contribution in [-0.4, -0.2) is 21.0 Å². The molecule has 20 heavy (non-hydrogen) atoms. The number of hydrogen-bond acceptors (Lipinski definition) is 3. The third-order valence-electron chi connectivity index (χ3n) is 3.78. The quantitative estimate of drug-likeness (QED) is 0.876. The van der Waals surface area contributed by atoms with Crippen molar-refractivity contribution in [1.82, 2.24) is 10.0 Å². The first-order valence-electron chi connectivity index (χ1n) is 6.83. The van der Waals surface area contributed by atoms with Crippen molar-refractivity contribution in [2.45, 2.75) is 49.6 Å². The Balaban J connectivity index is 2.27. The molecule has 0 unspecified atom stereocenters. The van der Waals surface area contributed by atoms with Crippen molar-refractivity contribution in [2.24, 2.45) is 0 Å². The van der Waals surface area contributed by atoms with Gasteiger partial charge in [0, 0.05) is 17.6 Å². The van der Waals surface area contributed by atoms with Gasteiger partial charge in [-0.25, -0.2) is 17.5 Å². The minimum absolute atomic E-state index is 0.122. The zero-order valence-electron chi connectivity index (χ0n) is 11.9. The monoisotopic (exact) mass is 300 g/mol. The van der Waals surface area contributed by atoms with Gasteiger partial charge in [0.05, 0.1) is 4.90 Å². The first-order valence-corrected chi connectivity index (χ1v) is 8.32. The van der Waals surface area contributed by atoms with Crippen LogP contribution in [0.2, 0.25) is 0 Å². The van der Waals surface area contributed by atoms with E-state index in [1.165, 1.54) is 18.2 Å². The number of benzene rings is 1. The number of sulfonamides is 1. The summed E-state index contributed by atoms with van der Waals surface area (Å²) in [6, 6.07) is 3.92. The molecule has 0 bridgehead atoms. The molecule has 1 saturated carbocycles. The van der Waals surface area contributed by atoms with Crippen molar-refractivity contribution in [1.29, 1.82) is 0 Å². The maximum Gasteiger partial charge on any atom is 0.241 e.